The lowest BCUT2D eigenvalue weighted by atomic mass is 9.90. The maximum Gasteiger partial charge on any atom is 0.339 e. The van der Waals surface area contributed by atoms with Gasteiger partial charge in [-0.2, -0.15) is 5.26 Å². The lowest BCUT2D eigenvalue weighted by Crippen LogP contribution is -2.22. The van der Waals surface area contributed by atoms with Gasteiger partial charge in [-0.3, -0.25) is 4.79 Å². The SMILES string of the molecule is Cc1c(C)c(C)c(C(=O)OCC(=O)Nc2cc(Cl)ccc2C#N)c(C)c1C. The van der Waals surface area contributed by atoms with E-state index < -0.39 is 18.5 Å². The third kappa shape index (κ3) is 4.29. The van der Waals surface area contributed by atoms with Gasteiger partial charge < -0.3 is 10.1 Å². The molecule has 2 rings (SSSR count). The van der Waals surface area contributed by atoms with E-state index in [-0.39, 0.29) is 11.3 Å². The largest absolute Gasteiger partial charge is 0.452 e. The van der Waals surface area contributed by atoms with Gasteiger partial charge in [-0.1, -0.05) is 11.6 Å². The number of nitrogens with one attached hydrogen (secondary N) is 1. The quantitative estimate of drug-likeness (QED) is 0.784. The van der Waals surface area contributed by atoms with Crippen molar-refractivity contribution in [1.29, 1.82) is 5.26 Å². The lowest BCUT2D eigenvalue weighted by Gasteiger charge is -2.17. The van der Waals surface area contributed by atoms with Crippen LogP contribution in [0.4, 0.5) is 5.69 Å². The van der Waals surface area contributed by atoms with Crippen molar-refractivity contribution in [3.05, 3.63) is 62.2 Å². The average molecular weight is 385 g/mol. The van der Waals surface area contributed by atoms with Gasteiger partial charge in [0.25, 0.3) is 5.91 Å². The minimum absolute atomic E-state index is 0.274. The van der Waals surface area contributed by atoms with Crippen molar-refractivity contribution < 1.29 is 14.3 Å². The topological polar surface area (TPSA) is 79.2 Å². The Morgan fingerprint density at radius 3 is 2.15 bits per heavy atom. The van der Waals surface area contributed by atoms with Crippen molar-refractivity contribution in [1.82, 2.24) is 0 Å². The third-order valence-corrected chi connectivity index (χ3v) is 5.15. The Labute approximate surface area is 163 Å². The smallest absolute Gasteiger partial charge is 0.339 e. The summed E-state index contributed by atoms with van der Waals surface area (Å²) in [7, 11) is 0. The molecule has 1 amide bonds. The molecule has 0 aliphatic carbocycles. The Kier molecular flexibility index (Phi) is 6.24. The van der Waals surface area contributed by atoms with Gasteiger partial charge in [0.05, 0.1) is 16.8 Å². The number of hydrogen-bond donors (Lipinski definition) is 1. The highest BCUT2D eigenvalue weighted by molar-refractivity contribution is 6.31. The zero-order chi connectivity index (χ0) is 20.3. The molecule has 27 heavy (non-hydrogen) atoms. The fourth-order valence-electron chi connectivity index (χ4n) is 2.91. The van der Waals surface area contributed by atoms with Crippen LogP contribution in [0.15, 0.2) is 18.2 Å². The van der Waals surface area contributed by atoms with E-state index in [2.05, 4.69) is 5.32 Å². The summed E-state index contributed by atoms with van der Waals surface area (Å²) in [5.41, 5.74) is 5.95. The molecule has 0 heterocycles. The Morgan fingerprint density at radius 2 is 1.59 bits per heavy atom. The zero-order valence-corrected chi connectivity index (χ0v) is 16.7. The summed E-state index contributed by atoms with van der Waals surface area (Å²) in [6.45, 7) is 9.23. The Hall–Kier alpha value is -2.84. The number of ether oxygens (including phenoxy) is 1. The van der Waals surface area contributed by atoms with Crippen LogP contribution in [0.25, 0.3) is 0 Å². The van der Waals surface area contributed by atoms with Crippen LogP contribution in [0.3, 0.4) is 0 Å². The van der Waals surface area contributed by atoms with E-state index in [4.69, 9.17) is 21.6 Å². The standard InChI is InChI=1S/C21H21ClN2O3/c1-11-12(2)14(4)20(15(5)13(11)3)21(26)27-10-19(25)24-18-8-17(22)7-6-16(18)9-23/h6-8H,10H2,1-5H3,(H,24,25). The number of carbonyl (C=O) groups excluding carboxylic acids is 2. The fourth-order valence-corrected chi connectivity index (χ4v) is 3.09. The number of nitriles is 1. The Balaban J connectivity index is 2.14. The molecule has 0 spiro atoms. The van der Waals surface area contributed by atoms with E-state index in [1.807, 2.05) is 40.7 Å². The molecule has 0 unspecified atom stereocenters. The van der Waals surface area contributed by atoms with E-state index in [0.29, 0.717) is 10.6 Å². The van der Waals surface area contributed by atoms with Crippen molar-refractivity contribution in [3.8, 4) is 6.07 Å². The molecular formula is C21H21ClN2O3. The molecule has 2 aromatic carbocycles. The summed E-state index contributed by atoms with van der Waals surface area (Å²) in [4.78, 5) is 24.7. The second kappa shape index (κ2) is 8.24. The first-order chi connectivity index (χ1) is 12.7. The molecule has 0 bridgehead atoms. The second-order valence-electron chi connectivity index (χ2n) is 6.43. The second-order valence-corrected chi connectivity index (χ2v) is 6.86. The average Bonchev–Trinajstić information content (AvgIpc) is 2.63. The summed E-state index contributed by atoms with van der Waals surface area (Å²) in [5.74, 6) is -1.09. The van der Waals surface area contributed by atoms with Crippen molar-refractivity contribution in [3.63, 3.8) is 0 Å². The van der Waals surface area contributed by atoms with Crippen LogP contribution in [0.5, 0.6) is 0 Å². The van der Waals surface area contributed by atoms with Crippen molar-refractivity contribution in [2.24, 2.45) is 0 Å². The van der Waals surface area contributed by atoms with Gasteiger partial charge >= 0.3 is 5.97 Å². The molecule has 0 atom stereocenters. The van der Waals surface area contributed by atoms with Crippen LogP contribution in [0.2, 0.25) is 5.02 Å². The monoisotopic (exact) mass is 384 g/mol. The molecule has 0 aromatic heterocycles. The van der Waals surface area contributed by atoms with Crippen molar-refractivity contribution >= 4 is 29.2 Å². The molecule has 1 N–H and O–H groups in total. The van der Waals surface area contributed by atoms with Gasteiger partial charge in [-0.05, 0) is 80.6 Å². The first kappa shape index (κ1) is 20.5. The number of halogens is 1. The fraction of sp³-hybridized carbons (Fsp3) is 0.286. The molecule has 0 saturated carbocycles. The highest BCUT2D eigenvalue weighted by atomic mass is 35.5. The Bertz CT molecular complexity index is 945. The maximum atomic E-state index is 12.6. The van der Waals surface area contributed by atoms with Gasteiger partial charge in [0.15, 0.2) is 6.61 Å². The van der Waals surface area contributed by atoms with Gasteiger partial charge in [0.1, 0.15) is 6.07 Å². The number of hydrogen-bond acceptors (Lipinski definition) is 4. The molecule has 0 saturated heterocycles. The zero-order valence-electron chi connectivity index (χ0n) is 16.0. The minimum atomic E-state index is -0.544. The normalized spacial score (nSPS) is 10.3. The first-order valence-corrected chi connectivity index (χ1v) is 8.78. The molecule has 5 nitrogen and oxygen atoms in total. The maximum absolute atomic E-state index is 12.6. The van der Waals surface area contributed by atoms with E-state index in [1.54, 1.807) is 6.07 Å². The van der Waals surface area contributed by atoms with Crippen molar-refractivity contribution in [2.75, 3.05) is 11.9 Å². The predicted molar refractivity (Wildman–Crippen MR) is 105 cm³/mol. The minimum Gasteiger partial charge on any atom is -0.452 e. The number of anilines is 1. The van der Waals surface area contributed by atoms with Gasteiger partial charge in [-0.15, -0.1) is 0 Å². The molecule has 140 valence electrons. The van der Waals surface area contributed by atoms with E-state index in [1.165, 1.54) is 12.1 Å². The summed E-state index contributed by atoms with van der Waals surface area (Å²) in [5, 5.41) is 12.0. The van der Waals surface area contributed by atoms with Crippen LogP contribution < -0.4 is 5.32 Å². The van der Waals surface area contributed by atoms with Crippen LogP contribution in [-0.4, -0.2) is 18.5 Å². The Morgan fingerprint density at radius 1 is 1.04 bits per heavy atom. The van der Waals surface area contributed by atoms with Crippen LogP contribution >= 0.6 is 11.6 Å². The lowest BCUT2D eigenvalue weighted by molar-refractivity contribution is -0.119. The van der Waals surface area contributed by atoms with Crippen LogP contribution in [-0.2, 0) is 9.53 Å². The number of benzene rings is 2. The molecular weight excluding hydrogens is 364 g/mol. The summed E-state index contributed by atoms with van der Waals surface area (Å²) in [6, 6.07) is 6.51. The van der Waals surface area contributed by atoms with Crippen molar-refractivity contribution in [2.45, 2.75) is 34.6 Å². The molecule has 0 aliphatic heterocycles. The van der Waals surface area contributed by atoms with Gasteiger partial charge in [0.2, 0.25) is 0 Å². The summed E-state index contributed by atoms with van der Waals surface area (Å²) in [6.07, 6.45) is 0. The summed E-state index contributed by atoms with van der Waals surface area (Å²) >= 11 is 5.90. The molecule has 0 radical (unpaired) electrons. The number of amides is 1. The highest BCUT2D eigenvalue weighted by Gasteiger charge is 2.20. The van der Waals surface area contributed by atoms with Crippen LogP contribution in [0, 0.1) is 45.9 Å². The highest BCUT2D eigenvalue weighted by Crippen LogP contribution is 2.26. The molecule has 0 aliphatic rings. The molecule has 2 aromatic rings. The van der Waals surface area contributed by atoms with E-state index in [0.717, 1.165) is 27.8 Å². The number of carbonyl (C=O) groups is 2. The number of nitrogens with zero attached hydrogens (tertiary/aromatic N) is 1. The van der Waals surface area contributed by atoms with E-state index >= 15 is 0 Å². The first-order valence-electron chi connectivity index (χ1n) is 8.41. The van der Waals surface area contributed by atoms with E-state index in [9.17, 15) is 9.59 Å². The van der Waals surface area contributed by atoms with Gasteiger partial charge in [0, 0.05) is 5.02 Å². The third-order valence-electron chi connectivity index (χ3n) is 4.91. The number of esters is 1. The molecule has 0 fully saturated rings. The predicted octanol–water partition coefficient (Wildman–Crippen LogP) is 4.55. The summed E-state index contributed by atoms with van der Waals surface area (Å²) < 4.78 is 5.21. The molecule has 6 heteroatoms. The van der Waals surface area contributed by atoms with Gasteiger partial charge in [-0.25, -0.2) is 4.79 Å². The number of rotatable bonds is 4. The van der Waals surface area contributed by atoms with Crippen LogP contribution in [0.1, 0.15) is 43.7 Å².